The van der Waals surface area contributed by atoms with E-state index in [1.807, 2.05) is 36.4 Å². The zero-order valence-electron chi connectivity index (χ0n) is 13.9. The highest BCUT2D eigenvalue weighted by molar-refractivity contribution is 6.31. The van der Waals surface area contributed by atoms with E-state index in [1.165, 1.54) is 7.11 Å². The van der Waals surface area contributed by atoms with E-state index in [1.54, 1.807) is 18.2 Å². The fraction of sp³-hybridized carbons (Fsp3) is 0.250. The van der Waals surface area contributed by atoms with Gasteiger partial charge in [0.25, 0.3) is 0 Å². The predicted molar refractivity (Wildman–Crippen MR) is 96.6 cm³/mol. The Balaban J connectivity index is 1.79. The maximum Gasteiger partial charge on any atom is 0.338 e. The van der Waals surface area contributed by atoms with Crippen LogP contribution < -0.4 is 0 Å². The minimum Gasteiger partial charge on any atom is -0.465 e. The van der Waals surface area contributed by atoms with Gasteiger partial charge in [-0.2, -0.15) is 0 Å². The van der Waals surface area contributed by atoms with Crippen LogP contribution in [0.3, 0.4) is 0 Å². The quantitative estimate of drug-likeness (QED) is 0.742. The summed E-state index contributed by atoms with van der Waals surface area (Å²) in [7, 11) is 1.36. The number of methoxy groups -OCH3 is 1. The van der Waals surface area contributed by atoms with E-state index in [0.29, 0.717) is 30.2 Å². The molecule has 0 radical (unpaired) electrons. The summed E-state index contributed by atoms with van der Waals surface area (Å²) < 4.78 is 16.0. The van der Waals surface area contributed by atoms with E-state index in [2.05, 4.69) is 0 Å². The van der Waals surface area contributed by atoms with Crippen LogP contribution >= 0.6 is 11.6 Å². The van der Waals surface area contributed by atoms with Gasteiger partial charge in [0.15, 0.2) is 6.29 Å². The summed E-state index contributed by atoms with van der Waals surface area (Å²) in [5.41, 5.74) is 3.37. The summed E-state index contributed by atoms with van der Waals surface area (Å²) in [4.78, 5) is 11.9. The maximum absolute atomic E-state index is 11.9. The first-order chi connectivity index (χ1) is 12.2. The molecule has 1 aliphatic heterocycles. The molecular weight excluding hydrogens is 340 g/mol. The zero-order valence-corrected chi connectivity index (χ0v) is 14.7. The van der Waals surface area contributed by atoms with Crippen molar-refractivity contribution in [2.45, 2.75) is 12.7 Å². The molecule has 25 heavy (non-hydrogen) atoms. The summed E-state index contributed by atoms with van der Waals surface area (Å²) >= 11 is 5.98. The summed E-state index contributed by atoms with van der Waals surface area (Å²) in [6, 6.07) is 13.2. The Hall–Kier alpha value is -2.14. The SMILES string of the molecule is COC(=O)c1cc(Cl)ccc1/C=C/Cc1ccccc1C1OCCO1. The van der Waals surface area contributed by atoms with Crippen molar-refractivity contribution in [2.75, 3.05) is 20.3 Å². The number of carbonyl (C=O) groups is 1. The largest absolute Gasteiger partial charge is 0.465 e. The number of carbonyl (C=O) groups excluding carboxylic acids is 1. The number of ether oxygens (including phenoxy) is 3. The van der Waals surface area contributed by atoms with Gasteiger partial charge in [-0.25, -0.2) is 4.79 Å². The molecule has 130 valence electrons. The molecule has 1 fully saturated rings. The Kier molecular flexibility index (Phi) is 5.87. The standard InChI is InChI=1S/C20H19ClO4/c1-23-19(22)18-13-16(21)10-9-15(18)7-4-6-14-5-2-3-8-17(14)20-24-11-12-25-20/h2-5,7-10,13,20H,6,11-12H2,1H3/b7-4+. The summed E-state index contributed by atoms with van der Waals surface area (Å²) in [6.45, 7) is 1.23. The molecule has 4 nitrogen and oxygen atoms in total. The molecule has 0 unspecified atom stereocenters. The normalized spacial score (nSPS) is 15.0. The van der Waals surface area contributed by atoms with Gasteiger partial charge in [-0.3, -0.25) is 0 Å². The molecule has 0 bridgehead atoms. The topological polar surface area (TPSA) is 44.8 Å². The number of hydrogen-bond donors (Lipinski definition) is 0. The average Bonchev–Trinajstić information content (AvgIpc) is 3.17. The van der Waals surface area contributed by atoms with Crippen molar-refractivity contribution in [2.24, 2.45) is 0 Å². The Bertz CT molecular complexity index is 779. The van der Waals surface area contributed by atoms with Crippen LogP contribution in [0, 0.1) is 0 Å². The molecule has 1 saturated heterocycles. The van der Waals surface area contributed by atoms with Crippen molar-refractivity contribution in [1.29, 1.82) is 0 Å². The van der Waals surface area contributed by atoms with Crippen LogP contribution in [0.15, 0.2) is 48.5 Å². The van der Waals surface area contributed by atoms with E-state index in [9.17, 15) is 4.79 Å². The Labute approximate surface area is 152 Å². The lowest BCUT2D eigenvalue weighted by Gasteiger charge is -2.13. The van der Waals surface area contributed by atoms with Crippen molar-refractivity contribution in [3.63, 3.8) is 0 Å². The first-order valence-electron chi connectivity index (χ1n) is 8.04. The third-order valence-corrected chi connectivity index (χ3v) is 4.22. The summed E-state index contributed by atoms with van der Waals surface area (Å²) in [5, 5.41) is 0.499. The molecule has 5 heteroatoms. The number of rotatable bonds is 5. The summed E-state index contributed by atoms with van der Waals surface area (Å²) in [6.07, 6.45) is 4.30. The van der Waals surface area contributed by atoms with Gasteiger partial charge in [0.05, 0.1) is 25.9 Å². The molecule has 0 aromatic heterocycles. The van der Waals surface area contributed by atoms with Crippen molar-refractivity contribution in [1.82, 2.24) is 0 Å². The molecule has 2 aromatic rings. The minimum absolute atomic E-state index is 0.300. The highest BCUT2D eigenvalue weighted by atomic mass is 35.5. The number of halogens is 1. The second-order valence-corrected chi connectivity index (χ2v) is 6.04. The molecule has 1 heterocycles. The second kappa shape index (κ2) is 8.30. The highest BCUT2D eigenvalue weighted by Crippen LogP contribution is 2.27. The number of allylic oxidation sites excluding steroid dienone is 1. The second-order valence-electron chi connectivity index (χ2n) is 5.60. The monoisotopic (exact) mass is 358 g/mol. The van der Waals surface area contributed by atoms with Gasteiger partial charge >= 0.3 is 5.97 Å². The van der Waals surface area contributed by atoms with E-state index >= 15 is 0 Å². The van der Waals surface area contributed by atoms with Crippen LogP contribution in [0.25, 0.3) is 6.08 Å². The van der Waals surface area contributed by atoms with Crippen molar-refractivity contribution in [3.05, 3.63) is 75.8 Å². The maximum atomic E-state index is 11.9. The van der Waals surface area contributed by atoms with Crippen LogP contribution in [0.1, 0.15) is 33.3 Å². The molecule has 0 spiro atoms. The number of esters is 1. The zero-order chi connectivity index (χ0) is 17.6. The molecular formula is C20H19ClO4. The van der Waals surface area contributed by atoms with Crippen molar-refractivity contribution >= 4 is 23.6 Å². The van der Waals surface area contributed by atoms with E-state index in [-0.39, 0.29) is 6.29 Å². The number of hydrogen-bond acceptors (Lipinski definition) is 4. The predicted octanol–water partition coefficient (Wildman–Crippen LogP) is 4.43. The summed E-state index contributed by atoms with van der Waals surface area (Å²) in [5.74, 6) is -0.407. The van der Waals surface area contributed by atoms with Gasteiger partial charge in [-0.15, -0.1) is 0 Å². The molecule has 0 aliphatic carbocycles. The molecule has 0 amide bonds. The van der Waals surface area contributed by atoms with Gasteiger partial charge in [-0.05, 0) is 29.7 Å². The molecule has 0 atom stereocenters. The van der Waals surface area contributed by atoms with Crippen molar-refractivity contribution < 1.29 is 19.0 Å². The van der Waals surface area contributed by atoms with E-state index in [0.717, 1.165) is 16.7 Å². The molecule has 2 aromatic carbocycles. The van der Waals surface area contributed by atoms with E-state index < -0.39 is 5.97 Å². The molecule has 0 saturated carbocycles. The lowest BCUT2D eigenvalue weighted by molar-refractivity contribution is -0.0446. The first kappa shape index (κ1) is 17.7. The third kappa shape index (κ3) is 4.28. The van der Waals surface area contributed by atoms with Gasteiger partial charge in [0, 0.05) is 10.6 Å². The Morgan fingerprint density at radius 2 is 2.00 bits per heavy atom. The highest BCUT2D eigenvalue weighted by Gasteiger charge is 2.20. The van der Waals surface area contributed by atoms with Gasteiger partial charge < -0.3 is 14.2 Å². The Morgan fingerprint density at radius 1 is 1.24 bits per heavy atom. The lowest BCUT2D eigenvalue weighted by atomic mass is 10.0. The molecule has 3 rings (SSSR count). The number of benzene rings is 2. The fourth-order valence-electron chi connectivity index (χ4n) is 2.76. The molecule has 1 aliphatic rings. The first-order valence-corrected chi connectivity index (χ1v) is 8.42. The average molecular weight is 359 g/mol. The molecule has 0 N–H and O–H groups in total. The smallest absolute Gasteiger partial charge is 0.338 e. The Morgan fingerprint density at radius 3 is 2.76 bits per heavy atom. The minimum atomic E-state index is -0.407. The van der Waals surface area contributed by atoms with Gasteiger partial charge in [-0.1, -0.05) is 54.1 Å². The van der Waals surface area contributed by atoms with E-state index in [4.69, 9.17) is 25.8 Å². The van der Waals surface area contributed by atoms with Crippen LogP contribution in [-0.4, -0.2) is 26.3 Å². The van der Waals surface area contributed by atoms with Crippen LogP contribution in [0.5, 0.6) is 0 Å². The van der Waals surface area contributed by atoms with Gasteiger partial charge in [0.1, 0.15) is 0 Å². The van der Waals surface area contributed by atoms with Crippen LogP contribution in [0.4, 0.5) is 0 Å². The third-order valence-electron chi connectivity index (χ3n) is 3.99. The van der Waals surface area contributed by atoms with Crippen molar-refractivity contribution in [3.8, 4) is 0 Å². The van der Waals surface area contributed by atoms with Gasteiger partial charge in [0.2, 0.25) is 0 Å². The lowest BCUT2D eigenvalue weighted by Crippen LogP contribution is -2.04. The van der Waals surface area contributed by atoms with Crippen LogP contribution in [0.2, 0.25) is 5.02 Å². The fourth-order valence-corrected chi connectivity index (χ4v) is 2.93. The van der Waals surface area contributed by atoms with Crippen LogP contribution in [-0.2, 0) is 20.6 Å².